The van der Waals surface area contributed by atoms with Gasteiger partial charge in [0.25, 0.3) is 5.91 Å². The Morgan fingerprint density at radius 3 is 2.96 bits per heavy atom. The van der Waals surface area contributed by atoms with Crippen LogP contribution in [0.25, 0.3) is 0 Å². The summed E-state index contributed by atoms with van der Waals surface area (Å²) < 4.78 is 15.8. The predicted molar refractivity (Wildman–Crippen MR) is 86.4 cm³/mol. The monoisotopic (exact) mass is 331 g/mol. The molecule has 0 bridgehead atoms. The second-order valence-electron chi connectivity index (χ2n) is 6.01. The number of amides is 1. The molecule has 0 fully saturated rings. The molecular weight excluding hydrogens is 310 g/mol. The van der Waals surface area contributed by atoms with Crippen LogP contribution in [0.5, 0.6) is 11.5 Å². The molecule has 6 nitrogen and oxygen atoms in total. The summed E-state index contributed by atoms with van der Waals surface area (Å²) in [4.78, 5) is 23.9. The molecule has 0 saturated carbocycles. The second kappa shape index (κ2) is 7.38. The fourth-order valence-corrected chi connectivity index (χ4v) is 2.76. The quantitative estimate of drug-likeness (QED) is 0.640. The average molecular weight is 331 g/mol. The van der Waals surface area contributed by atoms with Crippen molar-refractivity contribution in [2.24, 2.45) is 5.92 Å². The molecule has 128 valence electrons. The van der Waals surface area contributed by atoms with Gasteiger partial charge in [0, 0.05) is 6.54 Å². The minimum Gasteiger partial charge on any atom is -0.454 e. The Kier molecular flexibility index (Phi) is 5.03. The Labute approximate surface area is 140 Å². The van der Waals surface area contributed by atoms with E-state index >= 15 is 0 Å². The highest BCUT2D eigenvalue weighted by Gasteiger charge is 2.21. The van der Waals surface area contributed by atoms with Gasteiger partial charge in [-0.15, -0.1) is 0 Å². The second-order valence-corrected chi connectivity index (χ2v) is 6.01. The average Bonchev–Trinajstić information content (AvgIpc) is 3.23. The van der Waals surface area contributed by atoms with E-state index in [-0.39, 0.29) is 24.6 Å². The van der Waals surface area contributed by atoms with Crippen LogP contribution in [0.1, 0.15) is 31.7 Å². The van der Waals surface area contributed by atoms with E-state index in [0.29, 0.717) is 24.5 Å². The molecule has 0 saturated heterocycles. The van der Waals surface area contributed by atoms with E-state index < -0.39 is 6.10 Å². The van der Waals surface area contributed by atoms with E-state index in [1.54, 1.807) is 6.92 Å². The van der Waals surface area contributed by atoms with Crippen LogP contribution in [0.15, 0.2) is 30.4 Å². The Hall–Kier alpha value is -2.50. The molecule has 1 aliphatic carbocycles. The van der Waals surface area contributed by atoms with Gasteiger partial charge >= 0.3 is 5.97 Å². The predicted octanol–water partition coefficient (Wildman–Crippen LogP) is 2.32. The third-order valence-corrected chi connectivity index (χ3v) is 4.12. The zero-order valence-electron chi connectivity index (χ0n) is 13.6. The number of rotatable bonds is 6. The number of carbonyl (C=O) groups is 2. The molecular formula is C18H21NO5. The van der Waals surface area contributed by atoms with Gasteiger partial charge in [0.15, 0.2) is 17.6 Å². The minimum absolute atomic E-state index is 0.217. The van der Waals surface area contributed by atoms with Gasteiger partial charge in [-0.05, 0) is 43.4 Å². The standard InChI is InChI=1S/C18H21NO5/c1-12(24-17(20)9-13-4-2-3-5-13)18(21)19-10-14-6-7-15-16(8-14)23-11-22-15/h2,4,6-8,12-13H,3,5,9-11H2,1H3,(H,19,21)/t12-,13+/m0/s1. The van der Waals surface area contributed by atoms with E-state index in [1.165, 1.54) is 0 Å². The maximum absolute atomic E-state index is 12.1. The van der Waals surface area contributed by atoms with E-state index in [4.69, 9.17) is 14.2 Å². The summed E-state index contributed by atoms with van der Waals surface area (Å²) in [7, 11) is 0. The normalized spacial score (nSPS) is 19.1. The first-order valence-electron chi connectivity index (χ1n) is 8.14. The number of hydrogen-bond acceptors (Lipinski definition) is 5. The van der Waals surface area contributed by atoms with Crippen molar-refractivity contribution < 1.29 is 23.8 Å². The highest BCUT2D eigenvalue weighted by atomic mass is 16.7. The van der Waals surface area contributed by atoms with Gasteiger partial charge in [0.2, 0.25) is 6.79 Å². The summed E-state index contributed by atoms with van der Waals surface area (Å²) in [6, 6.07) is 5.49. The van der Waals surface area contributed by atoms with E-state index in [9.17, 15) is 9.59 Å². The first kappa shape index (κ1) is 16.4. The first-order valence-corrected chi connectivity index (χ1v) is 8.14. The van der Waals surface area contributed by atoms with Crippen LogP contribution in [0, 0.1) is 5.92 Å². The van der Waals surface area contributed by atoms with Crippen LogP contribution < -0.4 is 14.8 Å². The molecule has 1 N–H and O–H groups in total. The zero-order chi connectivity index (χ0) is 16.9. The third kappa shape index (κ3) is 4.07. The van der Waals surface area contributed by atoms with Gasteiger partial charge in [-0.25, -0.2) is 0 Å². The summed E-state index contributed by atoms with van der Waals surface area (Å²) in [6.45, 7) is 2.13. The number of nitrogens with one attached hydrogen (secondary N) is 1. The van der Waals surface area contributed by atoms with Crippen molar-refractivity contribution in [1.29, 1.82) is 0 Å². The molecule has 6 heteroatoms. The van der Waals surface area contributed by atoms with Crippen LogP contribution >= 0.6 is 0 Å². The fraction of sp³-hybridized carbons (Fsp3) is 0.444. The van der Waals surface area contributed by atoms with Crippen molar-refractivity contribution in [3.63, 3.8) is 0 Å². The van der Waals surface area contributed by atoms with E-state index in [1.807, 2.05) is 24.3 Å². The lowest BCUT2D eigenvalue weighted by atomic mass is 10.1. The Bertz CT molecular complexity index is 655. The SMILES string of the molecule is C[C@H](OC(=O)C[C@@H]1C=CCC1)C(=O)NCc1ccc2c(c1)OCO2. The lowest BCUT2D eigenvalue weighted by Crippen LogP contribution is -2.35. The number of benzene rings is 1. The molecule has 1 aromatic carbocycles. The molecule has 3 rings (SSSR count). The summed E-state index contributed by atoms with van der Waals surface area (Å²) >= 11 is 0. The Balaban J connectivity index is 1.44. The first-order chi connectivity index (χ1) is 11.6. The highest BCUT2D eigenvalue weighted by molar-refractivity contribution is 5.83. The lowest BCUT2D eigenvalue weighted by Gasteiger charge is -2.15. The van der Waals surface area contributed by atoms with Crippen molar-refractivity contribution in [1.82, 2.24) is 5.32 Å². The van der Waals surface area contributed by atoms with Gasteiger partial charge in [0.1, 0.15) is 0 Å². The topological polar surface area (TPSA) is 73.9 Å². The summed E-state index contributed by atoms with van der Waals surface area (Å²) in [5, 5.41) is 2.76. The van der Waals surface area contributed by atoms with Crippen LogP contribution in [-0.4, -0.2) is 24.8 Å². The lowest BCUT2D eigenvalue weighted by molar-refractivity contribution is -0.155. The molecule has 0 radical (unpaired) electrons. The number of hydrogen-bond donors (Lipinski definition) is 1. The molecule has 1 amide bonds. The minimum atomic E-state index is -0.808. The molecule has 2 atom stereocenters. The molecule has 24 heavy (non-hydrogen) atoms. The molecule has 2 aliphatic rings. The van der Waals surface area contributed by atoms with Gasteiger partial charge < -0.3 is 19.5 Å². The zero-order valence-corrected chi connectivity index (χ0v) is 13.6. The molecule has 0 aromatic heterocycles. The number of allylic oxidation sites excluding steroid dienone is 2. The molecule has 1 aromatic rings. The van der Waals surface area contributed by atoms with Crippen LogP contribution in [0.4, 0.5) is 0 Å². The van der Waals surface area contributed by atoms with Crippen LogP contribution in [0.2, 0.25) is 0 Å². The van der Waals surface area contributed by atoms with Crippen molar-refractivity contribution in [3.05, 3.63) is 35.9 Å². The van der Waals surface area contributed by atoms with Gasteiger partial charge in [-0.2, -0.15) is 0 Å². The largest absolute Gasteiger partial charge is 0.454 e. The molecule has 1 heterocycles. The van der Waals surface area contributed by atoms with Crippen LogP contribution in [-0.2, 0) is 20.9 Å². The summed E-state index contributed by atoms with van der Waals surface area (Å²) in [5.41, 5.74) is 0.891. The van der Waals surface area contributed by atoms with Gasteiger partial charge in [0.05, 0.1) is 6.42 Å². The van der Waals surface area contributed by atoms with Crippen molar-refractivity contribution in [2.75, 3.05) is 6.79 Å². The number of carbonyl (C=O) groups excluding carboxylic acids is 2. The maximum Gasteiger partial charge on any atom is 0.307 e. The Morgan fingerprint density at radius 1 is 1.33 bits per heavy atom. The fourth-order valence-electron chi connectivity index (χ4n) is 2.76. The van der Waals surface area contributed by atoms with Crippen molar-refractivity contribution >= 4 is 11.9 Å². The number of fused-ring (bicyclic) bond motifs is 1. The van der Waals surface area contributed by atoms with Crippen LogP contribution in [0.3, 0.4) is 0 Å². The Morgan fingerprint density at radius 2 is 2.17 bits per heavy atom. The molecule has 0 unspecified atom stereocenters. The van der Waals surface area contributed by atoms with E-state index in [0.717, 1.165) is 18.4 Å². The molecule has 0 spiro atoms. The van der Waals surface area contributed by atoms with Gasteiger partial charge in [-0.1, -0.05) is 18.2 Å². The maximum atomic E-state index is 12.1. The molecule has 1 aliphatic heterocycles. The number of ether oxygens (including phenoxy) is 3. The van der Waals surface area contributed by atoms with Crippen molar-refractivity contribution in [3.8, 4) is 11.5 Å². The summed E-state index contributed by atoms with van der Waals surface area (Å²) in [6.07, 6.45) is 5.60. The smallest absolute Gasteiger partial charge is 0.307 e. The highest BCUT2D eigenvalue weighted by Crippen LogP contribution is 2.32. The van der Waals surface area contributed by atoms with E-state index in [2.05, 4.69) is 11.4 Å². The third-order valence-electron chi connectivity index (χ3n) is 4.12. The summed E-state index contributed by atoms with van der Waals surface area (Å²) in [5.74, 6) is 0.959. The number of esters is 1. The van der Waals surface area contributed by atoms with Crippen molar-refractivity contribution in [2.45, 2.75) is 38.8 Å². The van der Waals surface area contributed by atoms with Gasteiger partial charge in [-0.3, -0.25) is 9.59 Å².